The Hall–Kier alpha value is -1.68. The highest BCUT2D eigenvalue weighted by atomic mass is 16.3. The van der Waals surface area contributed by atoms with Crippen LogP contribution in [0.5, 0.6) is 0 Å². The number of benzene rings is 1. The maximum atomic E-state index is 9.54. The lowest BCUT2D eigenvalue weighted by Crippen LogP contribution is -2.22. The lowest BCUT2D eigenvalue weighted by Gasteiger charge is -2.17. The Morgan fingerprint density at radius 3 is 3.00 bits per heavy atom. The minimum absolute atomic E-state index is 0.235. The summed E-state index contributed by atoms with van der Waals surface area (Å²) in [5.74, 6) is 0.884. The number of aliphatic hydroxyl groups is 1. The van der Waals surface area contributed by atoms with Crippen LogP contribution in [0, 0.1) is 0 Å². The number of hydrogen-bond acceptors (Lipinski definition) is 4. The van der Waals surface area contributed by atoms with Crippen LogP contribution in [0.3, 0.4) is 0 Å². The van der Waals surface area contributed by atoms with Gasteiger partial charge in [-0.05, 0) is 6.42 Å². The second kappa shape index (κ2) is 3.72. The Balaban J connectivity index is 2.09. The van der Waals surface area contributed by atoms with Crippen molar-refractivity contribution in [2.75, 3.05) is 18.0 Å². The van der Waals surface area contributed by atoms with Gasteiger partial charge in [0.05, 0.1) is 12.3 Å². The predicted molar refractivity (Wildman–Crippen MR) is 62.4 cm³/mol. The number of β-amino-alcohol motifs (C(OH)–C–C–N with tert-alkyl or cyclic N) is 1. The van der Waals surface area contributed by atoms with Crippen LogP contribution in [0.25, 0.3) is 10.8 Å². The van der Waals surface area contributed by atoms with Gasteiger partial charge in [0.15, 0.2) is 5.82 Å². The number of aliphatic hydroxyl groups excluding tert-OH is 1. The molecule has 16 heavy (non-hydrogen) atoms. The van der Waals surface area contributed by atoms with E-state index < -0.39 is 0 Å². The number of rotatable bonds is 1. The molecule has 1 saturated heterocycles. The van der Waals surface area contributed by atoms with Crippen molar-refractivity contribution in [1.82, 2.24) is 10.2 Å². The Bertz CT molecular complexity index is 509. The minimum atomic E-state index is -0.235. The highest BCUT2D eigenvalue weighted by Gasteiger charge is 2.22. The summed E-state index contributed by atoms with van der Waals surface area (Å²) in [7, 11) is 0. The van der Waals surface area contributed by atoms with Crippen molar-refractivity contribution in [2.24, 2.45) is 0 Å². The molecule has 0 spiro atoms. The van der Waals surface area contributed by atoms with Crippen molar-refractivity contribution in [1.29, 1.82) is 0 Å². The molecule has 0 bridgehead atoms. The molecule has 1 aliphatic heterocycles. The summed E-state index contributed by atoms with van der Waals surface area (Å²) in [6.45, 7) is 1.51. The molecule has 4 heteroatoms. The molecule has 0 radical (unpaired) electrons. The largest absolute Gasteiger partial charge is 0.391 e. The van der Waals surface area contributed by atoms with E-state index in [1.165, 1.54) is 0 Å². The summed E-state index contributed by atoms with van der Waals surface area (Å²) in [6, 6.07) is 8.07. The fourth-order valence-corrected chi connectivity index (χ4v) is 2.18. The number of anilines is 1. The standard InChI is InChI=1S/C12H13N3O/c16-10-5-6-15(8-10)12-11-4-2-1-3-9(11)7-13-14-12/h1-4,7,10,16H,5-6,8H2/t10-/m0/s1. The summed E-state index contributed by atoms with van der Waals surface area (Å²) < 4.78 is 0. The van der Waals surface area contributed by atoms with E-state index in [0.29, 0.717) is 6.54 Å². The fourth-order valence-electron chi connectivity index (χ4n) is 2.18. The monoisotopic (exact) mass is 215 g/mol. The molecule has 1 aromatic heterocycles. The third-order valence-corrected chi connectivity index (χ3v) is 3.01. The van der Waals surface area contributed by atoms with Crippen molar-refractivity contribution >= 4 is 16.6 Å². The van der Waals surface area contributed by atoms with Gasteiger partial charge in [0, 0.05) is 23.9 Å². The topological polar surface area (TPSA) is 49.2 Å². The zero-order valence-corrected chi connectivity index (χ0v) is 8.87. The normalized spacial score (nSPS) is 20.6. The first-order valence-corrected chi connectivity index (χ1v) is 5.48. The van der Waals surface area contributed by atoms with Gasteiger partial charge in [-0.1, -0.05) is 24.3 Å². The summed E-state index contributed by atoms with van der Waals surface area (Å²) in [5.41, 5.74) is 0. The van der Waals surface area contributed by atoms with Crippen LogP contribution >= 0.6 is 0 Å². The van der Waals surface area contributed by atoms with Gasteiger partial charge in [-0.2, -0.15) is 5.10 Å². The van der Waals surface area contributed by atoms with Crippen LogP contribution in [0.1, 0.15) is 6.42 Å². The van der Waals surface area contributed by atoms with E-state index in [-0.39, 0.29) is 6.10 Å². The van der Waals surface area contributed by atoms with Gasteiger partial charge in [0.2, 0.25) is 0 Å². The van der Waals surface area contributed by atoms with Gasteiger partial charge in [0.25, 0.3) is 0 Å². The maximum Gasteiger partial charge on any atom is 0.159 e. The molecule has 2 aromatic rings. The first kappa shape index (κ1) is 9.54. The average Bonchev–Trinajstić information content (AvgIpc) is 2.75. The van der Waals surface area contributed by atoms with E-state index in [2.05, 4.69) is 15.1 Å². The van der Waals surface area contributed by atoms with Crippen molar-refractivity contribution in [3.63, 3.8) is 0 Å². The summed E-state index contributed by atoms with van der Waals surface area (Å²) in [6.07, 6.45) is 2.34. The van der Waals surface area contributed by atoms with Crippen LogP contribution in [-0.4, -0.2) is 34.5 Å². The Kier molecular flexibility index (Phi) is 2.22. The molecule has 0 saturated carbocycles. The van der Waals surface area contributed by atoms with Crippen LogP contribution < -0.4 is 4.90 Å². The smallest absolute Gasteiger partial charge is 0.159 e. The van der Waals surface area contributed by atoms with Gasteiger partial charge in [-0.3, -0.25) is 0 Å². The van der Waals surface area contributed by atoms with E-state index in [9.17, 15) is 5.11 Å². The second-order valence-electron chi connectivity index (χ2n) is 4.14. The third kappa shape index (κ3) is 1.51. The molecular weight excluding hydrogens is 202 g/mol. The van der Waals surface area contributed by atoms with E-state index in [0.717, 1.165) is 29.6 Å². The van der Waals surface area contributed by atoms with E-state index in [4.69, 9.17) is 0 Å². The van der Waals surface area contributed by atoms with Crippen LogP contribution in [0.2, 0.25) is 0 Å². The molecule has 82 valence electrons. The summed E-state index contributed by atoms with van der Waals surface area (Å²) in [5, 5.41) is 19.9. The molecular formula is C12H13N3O. The molecule has 4 nitrogen and oxygen atoms in total. The molecule has 1 fully saturated rings. The van der Waals surface area contributed by atoms with Crippen molar-refractivity contribution in [3.05, 3.63) is 30.5 Å². The highest BCUT2D eigenvalue weighted by Crippen LogP contribution is 2.25. The lowest BCUT2D eigenvalue weighted by molar-refractivity contribution is 0.198. The van der Waals surface area contributed by atoms with Crippen molar-refractivity contribution < 1.29 is 5.11 Å². The van der Waals surface area contributed by atoms with E-state index in [1.807, 2.05) is 24.3 Å². The second-order valence-corrected chi connectivity index (χ2v) is 4.14. The number of nitrogens with zero attached hydrogens (tertiary/aromatic N) is 3. The summed E-state index contributed by atoms with van der Waals surface area (Å²) >= 11 is 0. The maximum absolute atomic E-state index is 9.54. The molecule has 3 rings (SSSR count). The molecule has 0 aliphatic carbocycles. The lowest BCUT2D eigenvalue weighted by atomic mass is 10.2. The highest BCUT2D eigenvalue weighted by molar-refractivity contribution is 5.91. The Labute approximate surface area is 93.5 Å². The fraction of sp³-hybridized carbons (Fsp3) is 0.333. The first-order chi connectivity index (χ1) is 7.84. The van der Waals surface area contributed by atoms with Crippen molar-refractivity contribution in [3.8, 4) is 0 Å². The van der Waals surface area contributed by atoms with E-state index >= 15 is 0 Å². The number of aromatic nitrogens is 2. The Morgan fingerprint density at radius 1 is 1.31 bits per heavy atom. The molecule has 2 heterocycles. The Morgan fingerprint density at radius 2 is 2.19 bits per heavy atom. The van der Waals surface area contributed by atoms with Gasteiger partial charge in [0.1, 0.15) is 0 Å². The molecule has 0 amide bonds. The van der Waals surface area contributed by atoms with E-state index in [1.54, 1.807) is 6.20 Å². The van der Waals surface area contributed by atoms with Gasteiger partial charge >= 0.3 is 0 Å². The van der Waals surface area contributed by atoms with Gasteiger partial charge in [-0.15, -0.1) is 5.10 Å². The SMILES string of the molecule is O[C@H]1CCN(c2nncc3ccccc23)C1. The number of fused-ring (bicyclic) bond motifs is 1. The third-order valence-electron chi connectivity index (χ3n) is 3.01. The van der Waals surface area contributed by atoms with Crippen LogP contribution in [0.15, 0.2) is 30.5 Å². The van der Waals surface area contributed by atoms with Gasteiger partial charge < -0.3 is 10.0 Å². The van der Waals surface area contributed by atoms with Crippen LogP contribution in [0.4, 0.5) is 5.82 Å². The van der Waals surface area contributed by atoms with Gasteiger partial charge in [-0.25, -0.2) is 0 Å². The summed E-state index contributed by atoms with van der Waals surface area (Å²) in [4.78, 5) is 2.10. The van der Waals surface area contributed by atoms with Crippen LogP contribution in [-0.2, 0) is 0 Å². The zero-order chi connectivity index (χ0) is 11.0. The zero-order valence-electron chi connectivity index (χ0n) is 8.87. The molecule has 1 N–H and O–H groups in total. The molecule has 1 aromatic carbocycles. The number of hydrogen-bond donors (Lipinski definition) is 1. The quantitative estimate of drug-likeness (QED) is 0.776. The van der Waals surface area contributed by atoms with Crippen molar-refractivity contribution in [2.45, 2.75) is 12.5 Å². The first-order valence-electron chi connectivity index (χ1n) is 5.48. The predicted octanol–water partition coefficient (Wildman–Crippen LogP) is 1.20. The molecule has 1 atom stereocenters. The molecule has 0 unspecified atom stereocenters. The molecule has 1 aliphatic rings. The average molecular weight is 215 g/mol. The minimum Gasteiger partial charge on any atom is -0.391 e.